The highest BCUT2D eigenvalue weighted by Gasteiger charge is 2.28. The van der Waals surface area contributed by atoms with E-state index < -0.39 is 60.4 Å². The Balaban J connectivity index is 1.24. The van der Waals surface area contributed by atoms with Crippen LogP contribution in [0.5, 0.6) is 0 Å². The summed E-state index contributed by atoms with van der Waals surface area (Å²) in [6.07, 6.45) is 1.41. The maximum atomic E-state index is 13.3. The Morgan fingerprint density at radius 3 is 1.98 bits per heavy atom. The molecule has 2 aromatic carbocycles. The summed E-state index contributed by atoms with van der Waals surface area (Å²) >= 11 is 0. The molecule has 0 aliphatic carbocycles. The van der Waals surface area contributed by atoms with Crippen molar-refractivity contribution < 1.29 is 53.2 Å². The molecule has 1 aromatic heterocycles. The normalized spacial score (nSPS) is 12.1. The average molecular weight is 827 g/mol. The van der Waals surface area contributed by atoms with Gasteiger partial charge in [0.2, 0.25) is 23.6 Å². The number of aromatic nitrogens is 3. The third-order valence-corrected chi connectivity index (χ3v) is 8.54. The standard InChI is InChI=1S/C39H54N8O12/c1-26(2)35(37(53)43-24-34(51)44-31(25-48)39(55)56)47-38(54)29-11-10-28(22-30(29)45-46-47)36(52)41-15-7-17-58-19-21-59-20-18-57-16-6-14-40-32(49)12-13-33(50)42-23-27-8-4-3-5-9-27/h3-5,8-11,22,26,31,35,48H,6-7,12-21,23-25H2,1-2H3,(H,40,49)(H,41,52)(H,42,50)(H,43,53)(H,44,51)(H,55,56)/t31-,35-/m0/s1. The molecule has 0 aliphatic rings. The first-order valence-electron chi connectivity index (χ1n) is 19.3. The minimum atomic E-state index is -1.54. The predicted octanol–water partition coefficient (Wildman–Crippen LogP) is -0.561. The second-order valence-corrected chi connectivity index (χ2v) is 13.5. The highest BCUT2D eigenvalue weighted by Crippen LogP contribution is 2.17. The molecule has 322 valence electrons. The van der Waals surface area contributed by atoms with E-state index in [1.807, 2.05) is 30.3 Å². The van der Waals surface area contributed by atoms with Crippen molar-refractivity contribution in [2.75, 3.05) is 65.9 Å². The van der Waals surface area contributed by atoms with Crippen molar-refractivity contribution in [2.45, 2.75) is 58.2 Å². The smallest absolute Gasteiger partial charge is 0.328 e. The van der Waals surface area contributed by atoms with Gasteiger partial charge in [-0.3, -0.25) is 28.8 Å². The van der Waals surface area contributed by atoms with Crippen LogP contribution in [0.1, 0.15) is 61.5 Å². The molecular weight excluding hydrogens is 772 g/mol. The fourth-order valence-electron chi connectivity index (χ4n) is 5.40. The van der Waals surface area contributed by atoms with Crippen LogP contribution in [0.4, 0.5) is 0 Å². The van der Waals surface area contributed by atoms with Gasteiger partial charge in [-0.25, -0.2) is 4.79 Å². The summed E-state index contributed by atoms with van der Waals surface area (Å²) in [5.74, 6) is -4.26. The lowest BCUT2D eigenvalue weighted by Gasteiger charge is -2.21. The summed E-state index contributed by atoms with van der Waals surface area (Å²) in [6.45, 7) is 5.41. The molecule has 0 bridgehead atoms. The maximum absolute atomic E-state index is 13.3. The van der Waals surface area contributed by atoms with Crippen molar-refractivity contribution in [3.05, 3.63) is 70.0 Å². The summed E-state index contributed by atoms with van der Waals surface area (Å²) in [5, 5.41) is 38.9. The van der Waals surface area contributed by atoms with E-state index in [1.54, 1.807) is 13.8 Å². The van der Waals surface area contributed by atoms with Crippen LogP contribution in [0, 0.1) is 5.92 Å². The van der Waals surface area contributed by atoms with Gasteiger partial charge in [-0.2, -0.15) is 4.68 Å². The average Bonchev–Trinajstić information content (AvgIpc) is 3.22. The number of carbonyl (C=O) groups excluding carboxylic acids is 5. The van der Waals surface area contributed by atoms with Crippen LogP contribution < -0.4 is 32.1 Å². The Bertz CT molecular complexity index is 1890. The number of rotatable bonds is 28. The molecule has 59 heavy (non-hydrogen) atoms. The number of fused-ring (bicyclic) bond motifs is 1. The van der Waals surface area contributed by atoms with Crippen molar-refractivity contribution in [3.8, 4) is 0 Å². The van der Waals surface area contributed by atoms with Gasteiger partial charge in [0, 0.05) is 51.3 Å². The molecule has 0 radical (unpaired) electrons. The second kappa shape index (κ2) is 26.2. The summed E-state index contributed by atoms with van der Waals surface area (Å²) in [7, 11) is 0. The van der Waals surface area contributed by atoms with Crippen molar-refractivity contribution in [1.29, 1.82) is 0 Å². The third-order valence-electron chi connectivity index (χ3n) is 8.54. The lowest BCUT2D eigenvalue weighted by molar-refractivity contribution is -0.142. The largest absolute Gasteiger partial charge is 0.480 e. The summed E-state index contributed by atoms with van der Waals surface area (Å²) in [4.78, 5) is 86.1. The maximum Gasteiger partial charge on any atom is 0.328 e. The van der Waals surface area contributed by atoms with Gasteiger partial charge < -0.3 is 51.0 Å². The van der Waals surface area contributed by atoms with Crippen molar-refractivity contribution in [3.63, 3.8) is 0 Å². The molecule has 20 nitrogen and oxygen atoms in total. The summed E-state index contributed by atoms with van der Waals surface area (Å²) < 4.78 is 17.4. The molecular formula is C39H54N8O12. The van der Waals surface area contributed by atoms with Crippen molar-refractivity contribution >= 4 is 46.4 Å². The zero-order valence-electron chi connectivity index (χ0n) is 33.3. The third kappa shape index (κ3) is 17.3. The van der Waals surface area contributed by atoms with E-state index in [0.717, 1.165) is 10.2 Å². The molecule has 0 saturated heterocycles. The van der Waals surface area contributed by atoms with E-state index in [2.05, 4.69) is 36.9 Å². The van der Waals surface area contributed by atoms with Crippen molar-refractivity contribution in [2.24, 2.45) is 5.92 Å². The van der Waals surface area contributed by atoms with Gasteiger partial charge in [-0.1, -0.05) is 49.4 Å². The van der Waals surface area contributed by atoms with Gasteiger partial charge in [-0.05, 0) is 42.5 Å². The Labute approximate surface area is 340 Å². The fourth-order valence-corrected chi connectivity index (χ4v) is 5.40. The van der Waals surface area contributed by atoms with Crippen LogP contribution in [0.25, 0.3) is 10.9 Å². The fraction of sp³-hybridized carbons (Fsp3) is 0.513. The molecule has 0 fully saturated rings. The number of hydrogen-bond donors (Lipinski definition) is 7. The van der Waals surface area contributed by atoms with Crippen LogP contribution in [0.2, 0.25) is 0 Å². The molecule has 0 unspecified atom stereocenters. The molecule has 20 heteroatoms. The first-order valence-corrected chi connectivity index (χ1v) is 19.3. The molecule has 0 spiro atoms. The van der Waals surface area contributed by atoms with Crippen LogP contribution in [0.3, 0.4) is 0 Å². The number of aliphatic hydroxyl groups is 1. The Hall–Kier alpha value is -5.83. The number of aliphatic hydroxyl groups excluding tert-OH is 1. The summed E-state index contributed by atoms with van der Waals surface area (Å²) in [5.41, 5.74) is 0.730. The number of nitrogens with zero attached hydrogens (tertiary/aromatic N) is 3. The number of benzene rings is 2. The molecule has 5 amide bonds. The second-order valence-electron chi connectivity index (χ2n) is 13.5. The number of carboxylic acid groups (broad SMARTS) is 1. The van der Waals surface area contributed by atoms with Gasteiger partial charge in [0.15, 0.2) is 0 Å². The quantitative estimate of drug-likeness (QED) is 0.0453. The molecule has 0 saturated carbocycles. The van der Waals surface area contributed by atoms with E-state index in [0.29, 0.717) is 72.1 Å². The zero-order valence-corrected chi connectivity index (χ0v) is 33.3. The lowest BCUT2D eigenvalue weighted by Crippen LogP contribution is -2.49. The zero-order chi connectivity index (χ0) is 43.0. The number of aliphatic carboxylic acids is 1. The number of carboxylic acids is 1. The molecule has 0 aliphatic heterocycles. The van der Waals surface area contributed by atoms with E-state index in [4.69, 9.17) is 24.4 Å². The highest BCUT2D eigenvalue weighted by atomic mass is 16.5. The topological polar surface area (TPSA) is 278 Å². The van der Waals surface area contributed by atoms with Crippen LogP contribution in [0.15, 0.2) is 53.3 Å². The number of hydrogen-bond acceptors (Lipinski definition) is 13. The molecule has 3 aromatic rings. The van der Waals surface area contributed by atoms with Crippen LogP contribution >= 0.6 is 0 Å². The number of amides is 5. The minimum Gasteiger partial charge on any atom is -0.480 e. The van der Waals surface area contributed by atoms with Gasteiger partial charge in [0.1, 0.15) is 17.6 Å². The Morgan fingerprint density at radius 2 is 1.37 bits per heavy atom. The number of carbonyl (C=O) groups is 6. The lowest BCUT2D eigenvalue weighted by atomic mass is 10.0. The van der Waals surface area contributed by atoms with Crippen molar-refractivity contribution in [1.82, 2.24) is 41.6 Å². The van der Waals surface area contributed by atoms with Gasteiger partial charge >= 0.3 is 5.97 Å². The van der Waals surface area contributed by atoms with E-state index >= 15 is 0 Å². The van der Waals surface area contributed by atoms with Crippen LogP contribution in [-0.4, -0.2) is 133 Å². The van der Waals surface area contributed by atoms with E-state index in [-0.39, 0.29) is 41.1 Å². The first kappa shape index (κ1) is 47.5. The first-order chi connectivity index (χ1) is 28.4. The highest BCUT2D eigenvalue weighted by molar-refractivity contribution is 5.97. The molecule has 3 rings (SSSR count). The number of ether oxygens (including phenoxy) is 3. The SMILES string of the molecule is CC(C)[C@@H](C(=O)NCC(=O)N[C@@H](CO)C(=O)O)n1nnc2cc(C(=O)NCCCOCCOCCOCCCNC(=O)CCC(=O)NCc3ccccc3)ccc2c1=O. The van der Waals surface area contributed by atoms with Gasteiger partial charge in [0.25, 0.3) is 11.5 Å². The van der Waals surface area contributed by atoms with Gasteiger partial charge in [0.05, 0.1) is 45.0 Å². The Kier molecular flexibility index (Phi) is 21.1. The summed E-state index contributed by atoms with van der Waals surface area (Å²) in [6, 6.07) is 11.1. The monoisotopic (exact) mass is 826 g/mol. The molecule has 7 N–H and O–H groups in total. The minimum absolute atomic E-state index is 0.109. The Morgan fingerprint density at radius 1 is 0.763 bits per heavy atom. The van der Waals surface area contributed by atoms with Gasteiger partial charge in [-0.15, -0.1) is 5.10 Å². The molecule has 2 atom stereocenters. The van der Waals surface area contributed by atoms with Crippen LogP contribution in [-0.2, 0) is 44.7 Å². The van der Waals surface area contributed by atoms with E-state index in [1.165, 1.54) is 18.2 Å². The number of nitrogens with one attached hydrogen (secondary N) is 5. The van der Waals surface area contributed by atoms with E-state index in [9.17, 15) is 33.6 Å². The molecule has 1 heterocycles. The predicted molar refractivity (Wildman–Crippen MR) is 212 cm³/mol.